The number of alkyl halides is 1. The predicted octanol–water partition coefficient (Wildman–Crippen LogP) is 1.76. The summed E-state index contributed by atoms with van der Waals surface area (Å²) in [7, 11) is 1.40. The van der Waals surface area contributed by atoms with Crippen LogP contribution in [0.4, 0.5) is 0 Å². The number of aliphatic hydroxyl groups is 1. The maximum atomic E-state index is 13.2. The van der Waals surface area contributed by atoms with Crippen LogP contribution >= 0.6 is 11.6 Å². The molecule has 0 saturated carbocycles. The summed E-state index contributed by atoms with van der Waals surface area (Å²) < 4.78 is 0. The number of phenolic OH excluding ortho intramolecular Hbond substituents is 1. The third-order valence-corrected chi connectivity index (χ3v) is 7.00. The van der Waals surface area contributed by atoms with Crippen LogP contribution in [0.2, 0.25) is 0 Å². The van der Waals surface area contributed by atoms with Crippen molar-refractivity contribution in [1.82, 2.24) is 15.5 Å². The molecular weight excluding hydrogens is 540 g/mol. The SMILES string of the molecule is CC(C)[C@@H](C(=O)NC(Cc1ccc(O)cc1)C(=O)O)N(C)C(=O)[C@H](C)NC(=O)[C@@H](O)[C@@H](N)CCCCCCCCl. The summed E-state index contributed by atoms with van der Waals surface area (Å²) in [5.74, 6) is -3.02. The standard InChI is InChI=1S/C28H45ClN4O7/c1-17(2)23(25(36)32-22(28(39)40)16-19-11-13-20(34)14-12-19)33(4)27(38)18(3)31-26(37)24(35)21(30)10-8-6-5-7-9-15-29/h11-14,17-18,21-24,34-35H,5-10,15-16,30H2,1-4H3,(H,31,37)(H,32,36)(H,39,40)/t18-,21-,22?,23-,24-/m0/s1. The van der Waals surface area contributed by atoms with Gasteiger partial charge in [0, 0.05) is 25.4 Å². The van der Waals surface area contributed by atoms with Crippen molar-refractivity contribution in [3.8, 4) is 5.75 Å². The van der Waals surface area contributed by atoms with Gasteiger partial charge in [-0.2, -0.15) is 0 Å². The van der Waals surface area contributed by atoms with Gasteiger partial charge in [-0.15, -0.1) is 11.6 Å². The second kappa shape index (κ2) is 17.7. The van der Waals surface area contributed by atoms with Crippen LogP contribution in [0.5, 0.6) is 5.75 Å². The van der Waals surface area contributed by atoms with Gasteiger partial charge in [0.05, 0.1) is 0 Å². The number of carbonyl (C=O) groups is 4. The van der Waals surface area contributed by atoms with E-state index in [1.165, 1.54) is 26.1 Å². The van der Waals surface area contributed by atoms with Gasteiger partial charge in [0.1, 0.15) is 30.0 Å². The maximum absolute atomic E-state index is 13.2. The van der Waals surface area contributed by atoms with E-state index in [2.05, 4.69) is 10.6 Å². The lowest BCUT2D eigenvalue weighted by atomic mass is 9.99. The molecule has 0 spiro atoms. The fourth-order valence-electron chi connectivity index (χ4n) is 4.41. The van der Waals surface area contributed by atoms with Crippen LogP contribution in [0.25, 0.3) is 0 Å². The predicted molar refractivity (Wildman–Crippen MR) is 153 cm³/mol. The third kappa shape index (κ3) is 11.7. The third-order valence-electron chi connectivity index (χ3n) is 6.73. The minimum atomic E-state index is -1.50. The van der Waals surface area contributed by atoms with Gasteiger partial charge in [0.2, 0.25) is 11.8 Å². The number of unbranched alkanes of at least 4 members (excludes halogenated alkanes) is 4. The summed E-state index contributed by atoms with van der Waals surface area (Å²) in [6.07, 6.45) is 3.54. The molecule has 1 aromatic rings. The molecule has 0 heterocycles. The number of carboxylic acid groups (broad SMARTS) is 1. The first-order chi connectivity index (χ1) is 18.8. The molecule has 40 heavy (non-hydrogen) atoms. The number of aliphatic hydroxyl groups excluding tert-OH is 1. The van der Waals surface area contributed by atoms with Crippen molar-refractivity contribution in [2.75, 3.05) is 12.9 Å². The average molecular weight is 585 g/mol. The van der Waals surface area contributed by atoms with Crippen LogP contribution < -0.4 is 16.4 Å². The van der Waals surface area contributed by atoms with Crippen LogP contribution in [0, 0.1) is 5.92 Å². The van der Waals surface area contributed by atoms with Gasteiger partial charge in [-0.1, -0.05) is 51.7 Å². The van der Waals surface area contributed by atoms with E-state index in [1.54, 1.807) is 26.0 Å². The first-order valence-corrected chi connectivity index (χ1v) is 14.2. The Morgan fingerprint density at radius 1 is 0.950 bits per heavy atom. The smallest absolute Gasteiger partial charge is 0.326 e. The molecule has 0 aliphatic carbocycles. The summed E-state index contributed by atoms with van der Waals surface area (Å²) >= 11 is 5.66. The molecule has 1 rings (SSSR count). The number of benzene rings is 1. The van der Waals surface area contributed by atoms with Gasteiger partial charge < -0.3 is 36.6 Å². The minimum Gasteiger partial charge on any atom is -0.508 e. The summed E-state index contributed by atoms with van der Waals surface area (Å²) in [5.41, 5.74) is 6.58. The highest BCUT2D eigenvalue weighted by Crippen LogP contribution is 2.15. The second-order valence-electron chi connectivity index (χ2n) is 10.5. The Kier molecular flexibility index (Phi) is 15.6. The normalized spacial score (nSPS) is 15.0. The van der Waals surface area contributed by atoms with Crippen molar-refractivity contribution in [2.45, 2.75) is 96.0 Å². The Bertz CT molecular complexity index is 960. The fourth-order valence-corrected chi connectivity index (χ4v) is 4.60. The van der Waals surface area contributed by atoms with Gasteiger partial charge in [-0.05, 0) is 43.4 Å². The number of aliphatic carboxylic acids is 1. The molecule has 1 unspecified atom stereocenters. The molecule has 0 aromatic heterocycles. The summed E-state index contributed by atoms with van der Waals surface area (Å²) in [6.45, 7) is 4.86. The van der Waals surface area contributed by atoms with E-state index in [9.17, 15) is 34.5 Å². The molecule has 7 N–H and O–H groups in total. The number of carboxylic acids is 1. The highest BCUT2D eigenvalue weighted by molar-refractivity contribution is 6.17. The van der Waals surface area contributed by atoms with Crippen LogP contribution in [0.15, 0.2) is 24.3 Å². The highest BCUT2D eigenvalue weighted by atomic mass is 35.5. The first-order valence-electron chi connectivity index (χ1n) is 13.7. The molecule has 0 radical (unpaired) electrons. The first kappa shape index (κ1) is 35.1. The topological polar surface area (TPSA) is 182 Å². The zero-order valence-electron chi connectivity index (χ0n) is 23.8. The lowest BCUT2D eigenvalue weighted by molar-refractivity contribution is -0.146. The number of carbonyl (C=O) groups excluding carboxylic acids is 3. The van der Waals surface area contributed by atoms with Crippen LogP contribution in [0.1, 0.15) is 64.9 Å². The van der Waals surface area contributed by atoms with Crippen molar-refractivity contribution < 1.29 is 34.5 Å². The van der Waals surface area contributed by atoms with E-state index >= 15 is 0 Å². The van der Waals surface area contributed by atoms with Crippen molar-refractivity contribution in [3.05, 3.63) is 29.8 Å². The average Bonchev–Trinajstić information content (AvgIpc) is 2.89. The number of hydrogen-bond donors (Lipinski definition) is 6. The Hall–Kier alpha value is -2.89. The molecule has 0 fully saturated rings. The Morgan fingerprint density at radius 2 is 1.52 bits per heavy atom. The molecule has 12 heteroatoms. The monoisotopic (exact) mass is 584 g/mol. The molecule has 3 amide bonds. The summed E-state index contributed by atoms with van der Waals surface area (Å²) in [4.78, 5) is 51.9. The molecule has 11 nitrogen and oxygen atoms in total. The van der Waals surface area contributed by atoms with E-state index in [1.807, 2.05) is 0 Å². The van der Waals surface area contributed by atoms with E-state index < -0.39 is 54.0 Å². The van der Waals surface area contributed by atoms with Crippen molar-refractivity contribution in [3.63, 3.8) is 0 Å². The number of likely N-dealkylation sites (N-methyl/N-ethyl adjacent to an activating group) is 1. The Labute approximate surface area is 241 Å². The Balaban J connectivity index is 2.76. The van der Waals surface area contributed by atoms with Gasteiger partial charge >= 0.3 is 5.97 Å². The number of hydrogen-bond acceptors (Lipinski definition) is 7. The van der Waals surface area contributed by atoms with Crippen molar-refractivity contribution in [1.29, 1.82) is 0 Å². The number of nitrogens with two attached hydrogens (primary N) is 1. The zero-order chi connectivity index (χ0) is 30.4. The van der Waals surface area contributed by atoms with E-state index in [4.69, 9.17) is 17.3 Å². The number of aromatic hydroxyl groups is 1. The van der Waals surface area contributed by atoms with E-state index in [-0.39, 0.29) is 18.1 Å². The molecule has 0 saturated heterocycles. The number of nitrogens with zero attached hydrogens (tertiary/aromatic N) is 1. The lowest BCUT2D eigenvalue weighted by Crippen LogP contribution is -2.58. The number of amides is 3. The van der Waals surface area contributed by atoms with Crippen LogP contribution in [-0.2, 0) is 25.6 Å². The number of halogens is 1. The van der Waals surface area contributed by atoms with Gasteiger partial charge in [-0.25, -0.2) is 4.79 Å². The number of nitrogens with one attached hydrogen (secondary N) is 2. The van der Waals surface area contributed by atoms with Crippen molar-refractivity contribution >= 4 is 35.3 Å². The summed E-state index contributed by atoms with van der Waals surface area (Å²) in [6, 6.07) is 1.80. The van der Waals surface area contributed by atoms with E-state index in [0.717, 1.165) is 37.0 Å². The molecule has 0 bridgehead atoms. The van der Waals surface area contributed by atoms with E-state index in [0.29, 0.717) is 17.9 Å². The highest BCUT2D eigenvalue weighted by Gasteiger charge is 2.35. The van der Waals surface area contributed by atoms with Gasteiger partial charge in [-0.3, -0.25) is 14.4 Å². The second-order valence-corrected chi connectivity index (χ2v) is 10.9. The molecule has 226 valence electrons. The Morgan fingerprint density at radius 3 is 2.08 bits per heavy atom. The minimum absolute atomic E-state index is 0.0259. The number of rotatable bonds is 18. The molecule has 0 aliphatic heterocycles. The van der Waals surface area contributed by atoms with Gasteiger partial charge in [0.25, 0.3) is 5.91 Å². The zero-order valence-corrected chi connectivity index (χ0v) is 24.6. The number of phenols is 1. The van der Waals surface area contributed by atoms with Crippen LogP contribution in [0.3, 0.4) is 0 Å². The molecule has 5 atom stereocenters. The fraction of sp³-hybridized carbons (Fsp3) is 0.643. The lowest BCUT2D eigenvalue weighted by Gasteiger charge is -2.33. The van der Waals surface area contributed by atoms with Crippen LogP contribution in [-0.4, -0.2) is 87.1 Å². The quantitative estimate of drug-likeness (QED) is 0.111. The largest absolute Gasteiger partial charge is 0.508 e. The van der Waals surface area contributed by atoms with Crippen molar-refractivity contribution in [2.24, 2.45) is 11.7 Å². The maximum Gasteiger partial charge on any atom is 0.326 e. The molecule has 1 aromatic carbocycles. The molecule has 0 aliphatic rings. The molecular formula is C28H45ClN4O7. The van der Waals surface area contributed by atoms with Gasteiger partial charge in [0.15, 0.2) is 0 Å². The summed E-state index contributed by atoms with van der Waals surface area (Å²) in [5, 5.41) is 34.4.